The smallest absolute Gasteiger partial charge is 0.376 e. The lowest BCUT2D eigenvalue weighted by Crippen LogP contribution is -2.31. The molecule has 1 aliphatic carbocycles. The molecule has 0 aromatic carbocycles. The van der Waals surface area contributed by atoms with E-state index in [4.69, 9.17) is 5.11 Å². The summed E-state index contributed by atoms with van der Waals surface area (Å²) < 4.78 is 4.62. The van der Waals surface area contributed by atoms with Gasteiger partial charge in [0, 0.05) is 17.8 Å². The number of hydrogen-bond acceptors (Lipinski definition) is 6. The molecule has 21 heavy (non-hydrogen) atoms. The van der Waals surface area contributed by atoms with Crippen molar-refractivity contribution < 1.29 is 19.4 Å². The topological polar surface area (TPSA) is 101 Å². The Bertz CT molecular complexity index is 547. The summed E-state index contributed by atoms with van der Waals surface area (Å²) in [5, 5.41) is 12.3. The van der Waals surface area contributed by atoms with Gasteiger partial charge in [0.1, 0.15) is 5.82 Å². The van der Waals surface area contributed by atoms with Crippen LogP contribution in [0.5, 0.6) is 0 Å². The molecule has 2 rings (SSSR count). The molecule has 2 N–H and O–H groups in total. The molecule has 1 fully saturated rings. The molecule has 1 aromatic rings. The lowest BCUT2D eigenvalue weighted by molar-refractivity contribution is -0.142. The largest absolute Gasteiger partial charge is 0.481 e. The number of anilines is 1. The number of nitrogens with zero attached hydrogens (tertiary/aromatic N) is 2. The number of aryl methyl sites for hydroxylation is 1. The van der Waals surface area contributed by atoms with E-state index in [1.54, 1.807) is 13.0 Å². The molecule has 7 nitrogen and oxygen atoms in total. The van der Waals surface area contributed by atoms with Gasteiger partial charge in [-0.2, -0.15) is 0 Å². The summed E-state index contributed by atoms with van der Waals surface area (Å²) in [7, 11) is 1.28. The quantitative estimate of drug-likeness (QED) is 0.813. The highest BCUT2D eigenvalue weighted by molar-refractivity contribution is 5.85. The second-order valence-corrected chi connectivity index (χ2v) is 5.25. The van der Waals surface area contributed by atoms with Gasteiger partial charge in [-0.3, -0.25) is 4.79 Å². The molecule has 1 aromatic heterocycles. The predicted molar refractivity (Wildman–Crippen MR) is 75.1 cm³/mol. The van der Waals surface area contributed by atoms with Gasteiger partial charge in [-0.25, -0.2) is 14.8 Å². The molecule has 0 bridgehead atoms. The van der Waals surface area contributed by atoms with E-state index in [2.05, 4.69) is 20.0 Å². The SMILES string of the molecule is COC(=O)c1nc(C)cc(NC2CCCC(C(=O)O)C2)n1. The monoisotopic (exact) mass is 293 g/mol. The van der Waals surface area contributed by atoms with Crippen molar-refractivity contribution in [3.8, 4) is 0 Å². The molecule has 2 unspecified atom stereocenters. The Hall–Kier alpha value is -2.18. The number of aliphatic carboxylic acids is 1. The lowest BCUT2D eigenvalue weighted by Gasteiger charge is -2.27. The molecule has 0 spiro atoms. The standard InChI is InChI=1S/C14H19N3O4/c1-8-6-11(17-12(15-8)14(20)21-2)16-10-5-3-4-9(7-10)13(18)19/h6,9-10H,3-5,7H2,1-2H3,(H,18,19)(H,15,16,17). The van der Waals surface area contributed by atoms with E-state index < -0.39 is 11.9 Å². The highest BCUT2D eigenvalue weighted by atomic mass is 16.5. The van der Waals surface area contributed by atoms with Gasteiger partial charge in [0.25, 0.3) is 0 Å². The van der Waals surface area contributed by atoms with Crippen LogP contribution in [0.4, 0.5) is 5.82 Å². The van der Waals surface area contributed by atoms with Gasteiger partial charge < -0.3 is 15.2 Å². The van der Waals surface area contributed by atoms with Crippen LogP contribution in [0.15, 0.2) is 6.07 Å². The average molecular weight is 293 g/mol. The van der Waals surface area contributed by atoms with Crippen LogP contribution in [-0.4, -0.2) is 40.2 Å². The van der Waals surface area contributed by atoms with E-state index in [1.807, 2.05) is 0 Å². The van der Waals surface area contributed by atoms with Crippen LogP contribution in [0.3, 0.4) is 0 Å². The van der Waals surface area contributed by atoms with Gasteiger partial charge in [-0.15, -0.1) is 0 Å². The Morgan fingerprint density at radius 2 is 2.14 bits per heavy atom. The van der Waals surface area contributed by atoms with E-state index in [-0.39, 0.29) is 17.8 Å². The van der Waals surface area contributed by atoms with Crippen molar-refractivity contribution in [2.75, 3.05) is 12.4 Å². The average Bonchev–Trinajstić information content (AvgIpc) is 2.46. The third kappa shape index (κ3) is 3.90. The zero-order chi connectivity index (χ0) is 15.4. The molecule has 0 saturated heterocycles. The summed E-state index contributed by atoms with van der Waals surface area (Å²) in [5.74, 6) is -1.13. The molecular weight excluding hydrogens is 274 g/mol. The number of carbonyl (C=O) groups is 2. The van der Waals surface area contributed by atoms with Crippen molar-refractivity contribution in [1.82, 2.24) is 9.97 Å². The van der Waals surface area contributed by atoms with Crippen LogP contribution in [-0.2, 0) is 9.53 Å². The number of nitrogens with one attached hydrogen (secondary N) is 1. The summed E-state index contributed by atoms with van der Waals surface area (Å²) >= 11 is 0. The fourth-order valence-electron chi connectivity index (χ4n) is 2.58. The third-order valence-corrected chi connectivity index (χ3v) is 3.60. The highest BCUT2D eigenvalue weighted by Gasteiger charge is 2.27. The Morgan fingerprint density at radius 1 is 1.38 bits per heavy atom. The second kappa shape index (κ2) is 6.51. The maximum Gasteiger partial charge on any atom is 0.376 e. The van der Waals surface area contributed by atoms with E-state index >= 15 is 0 Å². The molecule has 0 amide bonds. The first-order valence-electron chi connectivity index (χ1n) is 6.93. The van der Waals surface area contributed by atoms with Crippen molar-refractivity contribution in [2.24, 2.45) is 5.92 Å². The number of carboxylic acids is 1. The normalized spacial score (nSPS) is 21.6. The van der Waals surface area contributed by atoms with Crippen LogP contribution < -0.4 is 5.32 Å². The van der Waals surface area contributed by atoms with Crippen molar-refractivity contribution in [3.05, 3.63) is 17.6 Å². The van der Waals surface area contributed by atoms with Gasteiger partial charge in [0.15, 0.2) is 0 Å². The number of esters is 1. The maximum atomic E-state index is 11.5. The molecule has 1 heterocycles. The second-order valence-electron chi connectivity index (χ2n) is 5.25. The van der Waals surface area contributed by atoms with E-state index in [1.165, 1.54) is 7.11 Å². The number of methoxy groups -OCH3 is 1. The van der Waals surface area contributed by atoms with Crippen LogP contribution >= 0.6 is 0 Å². The van der Waals surface area contributed by atoms with Gasteiger partial charge in [-0.1, -0.05) is 6.42 Å². The van der Waals surface area contributed by atoms with E-state index in [0.717, 1.165) is 12.8 Å². The number of hydrogen-bond donors (Lipinski definition) is 2. The molecule has 2 atom stereocenters. The molecule has 114 valence electrons. The fourth-order valence-corrected chi connectivity index (χ4v) is 2.58. The van der Waals surface area contributed by atoms with Gasteiger partial charge in [-0.05, 0) is 26.2 Å². The maximum absolute atomic E-state index is 11.5. The minimum atomic E-state index is -0.754. The Kier molecular flexibility index (Phi) is 4.72. The summed E-state index contributed by atoms with van der Waals surface area (Å²) in [6.45, 7) is 1.76. The van der Waals surface area contributed by atoms with Crippen LogP contribution in [0, 0.1) is 12.8 Å². The van der Waals surface area contributed by atoms with Crippen LogP contribution in [0.2, 0.25) is 0 Å². The minimum Gasteiger partial charge on any atom is -0.481 e. The van der Waals surface area contributed by atoms with Crippen molar-refractivity contribution in [1.29, 1.82) is 0 Å². The molecule has 7 heteroatoms. The number of carboxylic acid groups (broad SMARTS) is 1. The number of aromatic nitrogens is 2. The summed E-state index contributed by atoms with van der Waals surface area (Å²) in [4.78, 5) is 30.7. The predicted octanol–water partition coefficient (Wildman–Crippen LogP) is 1.63. The zero-order valence-corrected chi connectivity index (χ0v) is 12.1. The van der Waals surface area contributed by atoms with Gasteiger partial charge in [0.05, 0.1) is 13.0 Å². The number of rotatable bonds is 4. The third-order valence-electron chi connectivity index (χ3n) is 3.60. The highest BCUT2D eigenvalue weighted by Crippen LogP contribution is 2.26. The molecule has 1 aliphatic rings. The Morgan fingerprint density at radius 3 is 2.81 bits per heavy atom. The molecule has 1 saturated carbocycles. The first-order valence-corrected chi connectivity index (χ1v) is 6.93. The number of ether oxygens (including phenoxy) is 1. The summed E-state index contributed by atoms with van der Waals surface area (Å²) in [6.07, 6.45) is 3.03. The van der Waals surface area contributed by atoms with Crippen LogP contribution in [0.1, 0.15) is 42.0 Å². The first-order chi connectivity index (χ1) is 9.99. The lowest BCUT2D eigenvalue weighted by atomic mass is 9.86. The fraction of sp³-hybridized carbons (Fsp3) is 0.571. The first kappa shape index (κ1) is 15.2. The van der Waals surface area contributed by atoms with Crippen molar-refractivity contribution in [3.63, 3.8) is 0 Å². The Labute approximate surface area is 122 Å². The van der Waals surface area contributed by atoms with E-state index in [9.17, 15) is 9.59 Å². The molecule has 0 radical (unpaired) electrons. The Balaban J connectivity index is 2.10. The zero-order valence-electron chi connectivity index (χ0n) is 12.1. The van der Waals surface area contributed by atoms with Crippen LogP contribution in [0.25, 0.3) is 0 Å². The van der Waals surface area contributed by atoms with Crippen molar-refractivity contribution >= 4 is 17.8 Å². The molecular formula is C14H19N3O4. The van der Waals surface area contributed by atoms with E-state index in [0.29, 0.717) is 24.4 Å². The summed E-state index contributed by atoms with van der Waals surface area (Å²) in [5.41, 5.74) is 0.651. The molecule has 0 aliphatic heterocycles. The van der Waals surface area contributed by atoms with Gasteiger partial charge >= 0.3 is 11.9 Å². The van der Waals surface area contributed by atoms with Crippen molar-refractivity contribution in [2.45, 2.75) is 38.6 Å². The van der Waals surface area contributed by atoms with Gasteiger partial charge in [0.2, 0.25) is 5.82 Å². The summed E-state index contributed by atoms with van der Waals surface area (Å²) in [6, 6.07) is 1.77. The number of carbonyl (C=O) groups excluding carboxylic acids is 1. The minimum absolute atomic E-state index is 0.00518.